The zero-order chi connectivity index (χ0) is 29.1. The van der Waals surface area contributed by atoms with Gasteiger partial charge >= 0.3 is 18.4 Å². The minimum absolute atomic E-state index is 0.0446. The fourth-order valence-electron chi connectivity index (χ4n) is 4.23. The van der Waals surface area contributed by atoms with E-state index in [0.29, 0.717) is 36.5 Å². The van der Waals surface area contributed by atoms with Crippen LogP contribution in [0.4, 0.5) is 52.6 Å². The van der Waals surface area contributed by atoms with Crippen molar-refractivity contribution < 1.29 is 40.3 Å². The number of alkyl halides is 6. The van der Waals surface area contributed by atoms with Gasteiger partial charge in [-0.05, 0) is 66.9 Å². The molecule has 40 heavy (non-hydrogen) atoms. The number of nitrogens with one attached hydrogen (secondary N) is 3. The molecule has 0 bridgehead atoms. The number of benzene rings is 3. The number of carbonyl (C=O) groups is 2. The molecule has 3 amide bonds. The van der Waals surface area contributed by atoms with E-state index in [4.69, 9.17) is 0 Å². The summed E-state index contributed by atoms with van der Waals surface area (Å²) in [6.45, 7) is 1.49. The Hall–Kier alpha value is -4.29. The van der Waals surface area contributed by atoms with Crippen molar-refractivity contribution in [1.29, 1.82) is 0 Å². The van der Waals surface area contributed by atoms with Crippen molar-refractivity contribution >= 4 is 29.0 Å². The van der Waals surface area contributed by atoms with E-state index in [-0.39, 0.29) is 23.9 Å². The highest BCUT2D eigenvalue weighted by molar-refractivity contribution is 6.04. The van der Waals surface area contributed by atoms with Crippen molar-refractivity contribution in [2.75, 3.05) is 28.6 Å². The van der Waals surface area contributed by atoms with Crippen LogP contribution in [0.5, 0.6) is 0 Å². The molecule has 3 aromatic rings. The lowest BCUT2D eigenvalue weighted by atomic mass is 10.1. The quantitative estimate of drug-likeness (QED) is 0.280. The zero-order valence-electron chi connectivity index (χ0n) is 20.7. The standard InChI is InChI=1S/C27H23F7N4O2/c28-19-5-3-16(4-6-19)15-35-24(39)22-14-20(7-8-23(22)38-9-1-2-10-38)36-25(40)37-21-12-17(26(29,30)31)11-18(13-21)27(32,33)34/h3-8,11-14H,1-2,9-10,15H2,(H,35,39)(H2,36,37,40). The van der Waals surface area contributed by atoms with E-state index in [1.807, 2.05) is 10.2 Å². The van der Waals surface area contributed by atoms with E-state index in [9.17, 15) is 40.3 Å². The van der Waals surface area contributed by atoms with Gasteiger partial charge in [0.05, 0.1) is 16.7 Å². The highest BCUT2D eigenvalue weighted by atomic mass is 19.4. The SMILES string of the molecule is O=C(Nc1cc(C(F)(F)F)cc(C(F)(F)F)c1)Nc1ccc(N2CCCC2)c(C(=O)NCc2ccc(F)cc2)c1. The van der Waals surface area contributed by atoms with Crippen LogP contribution < -0.4 is 20.9 Å². The summed E-state index contributed by atoms with van der Waals surface area (Å²) in [4.78, 5) is 27.6. The van der Waals surface area contributed by atoms with E-state index in [0.717, 1.165) is 12.8 Å². The molecule has 3 aromatic carbocycles. The highest BCUT2D eigenvalue weighted by Gasteiger charge is 2.37. The van der Waals surface area contributed by atoms with Crippen molar-refractivity contribution in [2.45, 2.75) is 31.7 Å². The van der Waals surface area contributed by atoms with Crippen LogP contribution in [0.1, 0.15) is 39.9 Å². The van der Waals surface area contributed by atoms with Crippen LogP contribution in [-0.2, 0) is 18.9 Å². The second-order valence-corrected chi connectivity index (χ2v) is 9.11. The normalized spacial score (nSPS) is 13.7. The summed E-state index contributed by atoms with van der Waals surface area (Å²) in [7, 11) is 0. The smallest absolute Gasteiger partial charge is 0.371 e. The van der Waals surface area contributed by atoms with Gasteiger partial charge in [-0.25, -0.2) is 9.18 Å². The summed E-state index contributed by atoms with van der Waals surface area (Å²) < 4.78 is 92.0. The first-order valence-corrected chi connectivity index (χ1v) is 12.1. The number of amides is 3. The molecule has 0 radical (unpaired) electrons. The Morgan fingerprint density at radius 1 is 0.750 bits per heavy atom. The maximum atomic E-state index is 13.2. The van der Waals surface area contributed by atoms with E-state index < -0.39 is 46.9 Å². The summed E-state index contributed by atoms with van der Waals surface area (Å²) in [5, 5.41) is 7.07. The molecule has 0 aliphatic carbocycles. The Morgan fingerprint density at radius 2 is 1.32 bits per heavy atom. The molecule has 1 aliphatic heterocycles. The van der Waals surface area contributed by atoms with Crippen LogP contribution in [0, 0.1) is 5.82 Å². The Kier molecular flexibility index (Phi) is 8.21. The summed E-state index contributed by atoms with van der Waals surface area (Å²) in [6, 6.07) is 9.58. The number of carbonyl (C=O) groups excluding carboxylic acids is 2. The van der Waals surface area contributed by atoms with Gasteiger partial charge in [0.15, 0.2) is 0 Å². The van der Waals surface area contributed by atoms with Crippen molar-refractivity contribution in [3.05, 3.63) is 88.7 Å². The Bertz CT molecular complexity index is 1350. The van der Waals surface area contributed by atoms with Crippen molar-refractivity contribution in [3.8, 4) is 0 Å². The van der Waals surface area contributed by atoms with Crippen molar-refractivity contribution in [1.82, 2.24) is 5.32 Å². The summed E-state index contributed by atoms with van der Waals surface area (Å²) in [5.74, 6) is -0.925. The fourth-order valence-corrected chi connectivity index (χ4v) is 4.23. The number of nitrogens with zero attached hydrogens (tertiary/aromatic N) is 1. The van der Waals surface area contributed by atoms with E-state index in [1.165, 1.54) is 36.4 Å². The molecule has 212 valence electrons. The van der Waals surface area contributed by atoms with Gasteiger partial charge in [-0.3, -0.25) is 4.79 Å². The van der Waals surface area contributed by atoms with Gasteiger partial charge in [0.1, 0.15) is 5.82 Å². The molecule has 4 rings (SSSR count). The zero-order valence-corrected chi connectivity index (χ0v) is 20.7. The molecular weight excluding hydrogens is 545 g/mol. The maximum Gasteiger partial charge on any atom is 0.416 e. The molecule has 1 fully saturated rings. The summed E-state index contributed by atoms with van der Waals surface area (Å²) in [6.07, 6.45) is -8.32. The van der Waals surface area contributed by atoms with Gasteiger partial charge in [-0.15, -0.1) is 0 Å². The number of halogens is 7. The molecule has 0 saturated carbocycles. The first-order valence-electron chi connectivity index (χ1n) is 12.1. The number of anilines is 3. The predicted octanol–water partition coefficient (Wildman–Crippen LogP) is 7.04. The topological polar surface area (TPSA) is 73.5 Å². The Balaban J connectivity index is 1.54. The number of hydrogen-bond acceptors (Lipinski definition) is 3. The molecule has 1 aliphatic rings. The lowest BCUT2D eigenvalue weighted by Gasteiger charge is -2.22. The van der Waals surface area contributed by atoms with E-state index in [2.05, 4.69) is 10.6 Å². The van der Waals surface area contributed by atoms with Crippen molar-refractivity contribution in [3.63, 3.8) is 0 Å². The fraction of sp³-hybridized carbons (Fsp3) is 0.259. The number of rotatable bonds is 6. The molecule has 3 N–H and O–H groups in total. The lowest BCUT2D eigenvalue weighted by molar-refractivity contribution is -0.143. The lowest BCUT2D eigenvalue weighted by Crippen LogP contribution is -2.28. The monoisotopic (exact) mass is 568 g/mol. The second-order valence-electron chi connectivity index (χ2n) is 9.11. The molecule has 13 heteroatoms. The molecule has 1 saturated heterocycles. The third-order valence-corrected chi connectivity index (χ3v) is 6.16. The molecule has 0 unspecified atom stereocenters. The molecule has 0 aromatic heterocycles. The first-order chi connectivity index (χ1) is 18.8. The van der Waals surface area contributed by atoms with Gasteiger partial charge in [-0.2, -0.15) is 26.3 Å². The largest absolute Gasteiger partial charge is 0.416 e. The van der Waals surface area contributed by atoms with Gasteiger partial charge in [0, 0.05) is 36.7 Å². The highest BCUT2D eigenvalue weighted by Crippen LogP contribution is 2.37. The van der Waals surface area contributed by atoms with Gasteiger partial charge in [0.25, 0.3) is 5.91 Å². The number of urea groups is 1. The van der Waals surface area contributed by atoms with E-state index >= 15 is 0 Å². The maximum absolute atomic E-state index is 13.2. The second kappa shape index (κ2) is 11.4. The average molecular weight is 568 g/mol. The number of hydrogen-bond donors (Lipinski definition) is 3. The molecule has 1 heterocycles. The third kappa shape index (κ3) is 7.21. The first kappa shape index (κ1) is 28.7. The predicted molar refractivity (Wildman–Crippen MR) is 135 cm³/mol. The van der Waals surface area contributed by atoms with Crippen LogP contribution in [0.15, 0.2) is 60.7 Å². The van der Waals surface area contributed by atoms with Crippen LogP contribution in [0.3, 0.4) is 0 Å². The van der Waals surface area contributed by atoms with Crippen LogP contribution in [0.25, 0.3) is 0 Å². The summed E-state index contributed by atoms with van der Waals surface area (Å²) in [5.41, 5.74) is -2.36. The average Bonchev–Trinajstić information content (AvgIpc) is 3.42. The molecule has 6 nitrogen and oxygen atoms in total. The molecular formula is C27H23F7N4O2. The molecule has 0 spiro atoms. The minimum Gasteiger partial charge on any atom is -0.371 e. The van der Waals surface area contributed by atoms with E-state index in [1.54, 1.807) is 6.07 Å². The van der Waals surface area contributed by atoms with Crippen molar-refractivity contribution in [2.24, 2.45) is 0 Å². The van der Waals surface area contributed by atoms with Gasteiger partial charge in [0.2, 0.25) is 0 Å². The summed E-state index contributed by atoms with van der Waals surface area (Å²) >= 11 is 0. The van der Waals surface area contributed by atoms with Gasteiger partial charge in [-0.1, -0.05) is 12.1 Å². The Morgan fingerprint density at radius 3 is 1.90 bits per heavy atom. The molecule has 0 atom stereocenters. The third-order valence-electron chi connectivity index (χ3n) is 6.16. The van der Waals surface area contributed by atoms with Crippen LogP contribution >= 0.6 is 0 Å². The minimum atomic E-state index is -5.07. The van der Waals surface area contributed by atoms with Crippen LogP contribution in [-0.4, -0.2) is 25.0 Å². The Labute approximate surface area is 224 Å². The van der Waals surface area contributed by atoms with Crippen LogP contribution in [0.2, 0.25) is 0 Å². The van der Waals surface area contributed by atoms with Gasteiger partial charge < -0.3 is 20.9 Å².